The smallest absolute Gasteiger partial charge is 0.259 e. The monoisotopic (exact) mass is 375 g/mol. The Balaban J connectivity index is 2.24. The second-order valence-corrected chi connectivity index (χ2v) is 5.61. The highest BCUT2D eigenvalue weighted by molar-refractivity contribution is 6.49. The summed E-state index contributed by atoms with van der Waals surface area (Å²) in [7, 11) is 0. The lowest BCUT2D eigenvalue weighted by Gasteiger charge is -2.15. The Kier molecular flexibility index (Phi) is 4.63. The van der Waals surface area contributed by atoms with Gasteiger partial charge >= 0.3 is 0 Å². The molecule has 11 heteroatoms. The number of quaternary nitrogens is 2. The van der Waals surface area contributed by atoms with Gasteiger partial charge in [0.2, 0.25) is 11.4 Å². The molecule has 3 rings (SSSR count). The second-order valence-electron chi connectivity index (χ2n) is 5.61. The van der Waals surface area contributed by atoms with Crippen LogP contribution in [0.3, 0.4) is 0 Å². The summed E-state index contributed by atoms with van der Waals surface area (Å²) in [5.74, 6) is -2.64. The van der Waals surface area contributed by atoms with Gasteiger partial charge in [-0.05, 0) is 23.3 Å². The number of carbonyl (C=O) groups is 2. The maximum Gasteiger partial charge on any atom is 0.259 e. The maximum absolute atomic E-state index is 12.3. The third-order valence-electron chi connectivity index (χ3n) is 3.96. The number of phenols is 2. The van der Waals surface area contributed by atoms with Crippen LogP contribution < -0.4 is 15.8 Å². The molecule has 0 aliphatic carbocycles. The Morgan fingerprint density at radius 1 is 0.741 bits per heavy atom. The normalized spacial score (nSPS) is 16.4. The first-order valence-corrected chi connectivity index (χ1v) is 7.44. The molecule has 2 aromatic rings. The van der Waals surface area contributed by atoms with E-state index >= 15 is 0 Å². The summed E-state index contributed by atoms with van der Waals surface area (Å²) in [6.07, 6.45) is 0. The van der Waals surface area contributed by atoms with Crippen LogP contribution >= 0.6 is 0 Å². The largest absolute Gasteiger partial charge is 0.595 e. The first-order valence-electron chi connectivity index (χ1n) is 7.44. The predicted molar refractivity (Wildman–Crippen MR) is 87.7 cm³/mol. The van der Waals surface area contributed by atoms with Crippen LogP contribution in [0.25, 0.3) is 11.1 Å². The third kappa shape index (κ3) is 3.24. The molecule has 11 nitrogen and oxygen atoms in total. The number of aromatic hydroxyl groups is 2. The van der Waals surface area contributed by atoms with E-state index in [0.29, 0.717) is 0 Å². The van der Waals surface area contributed by atoms with E-state index in [-0.39, 0.29) is 22.3 Å². The fourth-order valence-corrected chi connectivity index (χ4v) is 2.73. The fraction of sp³-hybridized carbons (Fsp3) is 0. The first kappa shape index (κ1) is 18.5. The summed E-state index contributed by atoms with van der Waals surface area (Å²) in [6, 6.07) is 6.72. The van der Waals surface area contributed by atoms with Crippen molar-refractivity contribution < 1.29 is 40.7 Å². The number of hydrogen-bond acceptors (Lipinski definition) is 8. The van der Waals surface area contributed by atoms with Gasteiger partial charge in [-0.2, -0.15) is 10.5 Å². The second kappa shape index (κ2) is 6.77. The number of benzene rings is 2. The summed E-state index contributed by atoms with van der Waals surface area (Å²) in [6.45, 7) is 0. The van der Waals surface area contributed by atoms with E-state index in [1.807, 2.05) is 0 Å². The SMILES string of the molecule is O=C1NC(=O)C(c2ccc(O)c([NH+]([O-])O)c2)=C1c1ccc(O)c([NH+]([O-])O)c1. The van der Waals surface area contributed by atoms with E-state index in [2.05, 4.69) is 5.32 Å². The minimum absolute atomic E-state index is 0.0495. The van der Waals surface area contributed by atoms with Crippen LogP contribution in [0.5, 0.6) is 11.5 Å². The molecule has 1 aliphatic rings. The van der Waals surface area contributed by atoms with Crippen LogP contribution in [0, 0.1) is 10.4 Å². The van der Waals surface area contributed by atoms with Crippen molar-refractivity contribution in [3.05, 3.63) is 57.9 Å². The highest BCUT2D eigenvalue weighted by Crippen LogP contribution is 2.35. The van der Waals surface area contributed by atoms with Gasteiger partial charge in [0.1, 0.15) is 0 Å². The van der Waals surface area contributed by atoms with Crippen molar-refractivity contribution in [3.8, 4) is 11.5 Å². The number of hydrogen-bond donors (Lipinski definition) is 7. The first-order chi connectivity index (χ1) is 12.7. The van der Waals surface area contributed by atoms with E-state index in [1.165, 1.54) is 12.1 Å². The molecule has 27 heavy (non-hydrogen) atoms. The molecule has 2 unspecified atom stereocenters. The van der Waals surface area contributed by atoms with Gasteiger partial charge in [0.25, 0.3) is 11.8 Å². The Hall–Kier alpha value is -3.32. The number of amides is 2. The van der Waals surface area contributed by atoms with Crippen molar-refractivity contribution in [1.29, 1.82) is 0 Å². The molecular formula is C16H13N3O8. The van der Waals surface area contributed by atoms with Gasteiger partial charge in [0, 0.05) is 12.1 Å². The minimum atomic E-state index is -1.43. The van der Waals surface area contributed by atoms with Crippen molar-refractivity contribution >= 4 is 34.3 Å². The number of imide groups is 1. The lowest BCUT2D eigenvalue weighted by Crippen LogP contribution is -2.99. The molecule has 0 saturated heterocycles. The molecular weight excluding hydrogens is 362 g/mol. The Morgan fingerprint density at radius 3 is 1.44 bits per heavy atom. The van der Waals surface area contributed by atoms with E-state index in [0.717, 1.165) is 24.3 Å². The average molecular weight is 375 g/mol. The molecule has 140 valence electrons. The quantitative estimate of drug-likeness (QED) is 0.191. The molecule has 1 heterocycles. The third-order valence-corrected chi connectivity index (χ3v) is 3.96. The number of nitrogens with one attached hydrogen (secondary N) is 3. The van der Waals surface area contributed by atoms with Crippen LogP contribution in [-0.4, -0.2) is 32.4 Å². The van der Waals surface area contributed by atoms with Crippen LogP contribution in [0.15, 0.2) is 36.4 Å². The summed E-state index contributed by atoms with van der Waals surface area (Å²) in [4.78, 5) is 24.5. The zero-order valence-corrected chi connectivity index (χ0v) is 13.4. The number of carbonyl (C=O) groups excluding carboxylic acids is 2. The van der Waals surface area contributed by atoms with Gasteiger partial charge in [-0.15, -0.1) is 0 Å². The Labute approximate surface area is 150 Å². The van der Waals surface area contributed by atoms with Crippen molar-refractivity contribution in [1.82, 2.24) is 5.32 Å². The van der Waals surface area contributed by atoms with Crippen molar-refractivity contribution in [3.63, 3.8) is 0 Å². The molecule has 2 atom stereocenters. The van der Waals surface area contributed by atoms with Crippen molar-refractivity contribution in [2.24, 2.45) is 0 Å². The van der Waals surface area contributed by atoms with Crippen LogP contribution in [0.1, 0.15) is 11.1 Å². The molecule has 0 fully saturated rings. The van der Waals surface area contributed by atoms with Crippen molar-refractivity contribution in [2.75, 3.05) is 0 Å². The molecule has 0 radical (unpaired) electrons. The summed E-state index contributed by atoms with van der Waals surface area (Å²) in [5.41, 5.74) is -1.19. The summed E-state index contributed by atoms with van der Waals surface area (Å²) in [5, 5.41) is 59.1. The van der Waals surface area contributed by atoms with Gasteiger partial charge in [0.05, 0.1) is 11.1 Å². The zero-order valence-electron chi connectivity index (χ0n) is 13.4. The minimum Gasteiger partial charge on any atom is -0.595 e. The summed E-state index contributed by atoms with van der Waals surface area (Å²) < 4.78 is 0. The Bertz CT molecular complexity index is 906. The van der Waals surface area contributed by atoms with Gasteiger partial charge in [0.15, 0.2) is 11.5 Å². The van der Waals surface area contributed by atoms with Crippen LogP contribution in [-0.2, 0) is 9.59 Å². The van der Waals surface area contributed by atoms with Gasteiger partial charge in [-0.25, -0.2) is 10.4 Å². The number of rotatable bonds is 4. The van der Waals surface area contributed by atoms with E-state index in [9.17, 15) is 30.2 Å². The number of phenolic OH excluding ortho intramolecular Hbond substituents is 2. The van der Waals surface area contributed by atoms with E-state index in [1.54, 1.807) is 0 Å². The van der Waals surface area contributed by atoms with E-state index < -0.39 is 45.1 Å². The molecule has 0 bridgehead atoms. The Morgan fingerprint density at radius 2 is 1.11 bits per heavy atom. The van der Waals surface area contributed by atoms with Gasteiger partial charge in [-0.1, -0.05) is 12.1 Å². The average Bonchev–Trinajstić information content (AvgIpc) is 2.89. The molecule has 0 spiro atoms. The highest BCUT2D eigenvalue weighted by atomic mass is 16.8. The summed E-state index contributed by atoms with van der Waals surface area (Å²) >= 11 is 0. The zero-order chi connectivity index (χ0) is 19.9. The maximum atomic E-state index is 12.3. The molecule has 2 amide bonds. The fourth-order valence-electron chi connectivity index (χ4n) is 2.73. The molecule has 0 aromatic heterocycles. The predicted octanol–water partition coefficient (Wildman–Crippen LogP) is -1.53. The molecule has 1 aliphatic heterocycles. The molecule has 0 saturated carbocycles. The van der Waals surface area contributed by atoms with Crippen LogP contribution in [0.2, 0.25) is 0 Å². The topological polar surface area (TPSA) is 182 Å². The molecule has 2 aromatic carbocycles. The highest BCUT2D eigenvalue weighted by Gasteiger charge is 2.33. The van der Waals surface area contributed by atoms with Crippen LogP contribution in [0.4, 0.5) is 11.4 Å². The van der Waals surface area contributed by atoms with Gasteiger partial charge in [-0.3, -0.25) is 14.9 Å². The van der Waals surface area contributed by atoms with E-state index in [4.69, 9.17) is 10.4 Å². The lowest BCUT2D eigenvalue weighted by molar-refractivity contribution is -0.991. The van der Waals surface area contributed by atoms with Gasteiger partial charge < -0.3 is 20.6 Å². The standard InChI is InChI=1S/C16H13N3O8/c20-11-3-1-7(5-9(11)18(24)25)13-14(16(23)17-15(13)22)8-2-4-12(21)10(6-8)19(26)27/h1-6,18-21,24,26H,(H,17,22,23). The molecule has 7 N–H and O–H groups in total. The van der Waals surface area contributed by atoms with Crippen molar-refractivity contribution in [2.45, 2.75) is 0 Å². The lowest BCUT2D eigenvalue weighted by atomic mass is 9.95.